The van der Waals surface area contributed by atoms with Crippen molar-refractivity contribution in [3.63, 3.8) is 0 Å². The second kappa shape index (κ2) is 8.98. The molecule has 1 rings (SSSR count). The lowest BCUT2D eigenvalue weighted by atomic mass is 10.1. The molecule has 0 fully saturated rings. The molecule has 0 aliphatic heterocycles. The Morgan fingerprint density at radius 1 is 1.30 bits per heavy atom. The molecule has 1 heterocycles. The fourth-order valence-electron chi connectivity index (χ4n) is 2.02. The largest absolute Gasteiger partial charge is 0.261 e. The number of sulfonamides is 1. The van der Waals surface area contributed by atoms with Crippen molar-refractivity contribution in [2.24, 2.45) is 11.0 Å². The van der Waals surface area contributed by atoms with Gasteiger partial charge < -0.3 is 0 Å². The van der Waals surface area contributed by atoms with Crippen molar-refractivity contribution in [1.29, 1.82) is 0 Å². The molecule has 0 saturated carbocycles. The van der Waals surface area contributed by atoms with Crippen molar-refractivity contribution in [1.82, 2.24) is 9.29 Å². The van der Waals surface area contributed by atoms with Gasteiger partial charge >= 0.3 is 0 Å². The second-order valence-corrected chi connectivity index (χ2v) is 7.80. The molecule has 0 amide bonds. The Bertz CT molecular complexity index is 605. The number of pyridine rings is 1. The number of anilines is 1. The Hall–Kier alpha value is -1.47. The Labute approximate surface area is 140 Å². The zero-order valence-electron chi connectivity index (χ0n) is 14.7. The van der Waals surface area contributed by atoms with Crippen LogP contribution < -0.4 is 5.43 Å². The zero-order chi connectivity index (χ0) is 17.5. The van der Waals surface area contributed by atoms with Crippen LogP contribution in [0.25, 0.3) is 0 Å². The Morgan fingerprint density at radius 3 is 2.43 bits per heavy atom. The van der Waals surface area contributed by atoms with Crippen molar-refractivity contribution in [3.05, 3.63) is 18.3 Å². The summed E-state index contributed by atoms with van der Waals surface area (Å²) in [6, 6.07) is 3.19. The van der Waals surface area contributed by atoms with Crippen LogP contribution in [0.15, 0.2) is 28.3 Å². The Balaban J connectivity index is 2.75. The van der Waals surface area contributed by atoms with Crippen molar-refractivity contribution in [2.45, 2.75) is 52.4 Å². The van der Waals surface area contributed by atoms with Gasteiger partial charge in [0.25, 0.3) is 0 Å². The molecular formula is C16H28N4O2S. The molecule has 1 N–H and O–H groups in total. The number of hydrogen-bond donors (Lipinski definition) is 1. The highest BCUT2D eigenvalue weighted by atomic mass is 32.2. The van der Waals surface area contributed by atoms with Crippen LogP contribution in [0.3, 0.4) is 0 Å². The molecule has 0 saturated heterocycles. The number of nitrogens with zero attached hydrogens (tertiary/aromatic N) is 3. The molecule has 0 aliphatic carbocycles. The van der Waals surface area contributed by atoms with Crippen molar-refractivity contribution < 1.29 is 8.42 Å². The first-order valence-corrected chi connectivity index (χ1v) is 9.50. The topological polar surface area (TPSA) is 74.7 Å². The summed E-state index contributed by atoms with van der Waals surface area (Å²) in [6.07, 6.45) is 3.39. The highest BCUT2D eigenvalue weighted by Gasteiger charge is 2.21. The van der Waals surface area contributed by atoms with Crippen molar-refractivity contribution >= 4 is 21.6 Å². The average Bonchev–Trinajstić information content (AvgIpc) is 2.52. The normalized spacial score (nSPS) is 12.9. The fourth-order valence-corrected chi connectivity index (χ4v) is 3.42. The van der Waals surface area contributed by atoms with Crippen LogP contribution in [0.5, 0.6) is 0 Å². The van der Waals surface area contributed by atoms with Crippen molar-refractivity contribution in [2.75, 3.05) is 18.5 Å². The van der Waals surface area contributed by atoms with Gasteiger partial charge in [0.15, 0.2) is 0 Å². The summed E-state index contributed by atoms with van der Waals surface area (Å²) >= 11 is 0. The first-order valence-electron chi connectivity index (χ1n) is 8.06. The van der Waals surface area contributed by atoms with Gasteiger partial charge in [-0.15, -0.1) is 0 Å². The minimum Gasteiger partial charge on any atom is -0.261 e. The van der Waals surface area contributed by atoms with E-state index in [-0.39, 0.29) is 4.90 Å². The van der Waals surface area contributed by atoms with Crippen LogP contribution in [0, 0.1) is 5.92 Å². The molecule has 130 valence electrons. The number of nitrogens with one attached hydrogen (secondary N) is 1. The third-order valence-corrected chi connectivity index (χ3v) is 5.56. The van der Waals surface area contributed by atoms with E-state index in [0.717, 1.165) is 18.6 Å². The number of hydrazone groups is 1. The summed E-state index contributed by atoms with van der Waals surface area (Å²) in [5.74, 6) is 1.18. The van der Waals surface area contributed by atoms with E-state index in [4.69, 9.17) is 0 Å². The molecule has 23 heavy (non-hydrogen) atoms. The summed E-state index contributed by atoms with van der Waals surface area (Å²) < 4.78 is 26.1. The van der Waals surface area contributed by atoms with E-state index in [1.165, 1.54) is 10.5 Å². The molecule has 1 aromatic rings. The molecule has 0 bridgehead atoms. The predicted octanol–water partition coefficient (Wildman–Crippen LogP) is 3.34. The summed E-state index contributed by atoms with van der Waals surface area (Å²) in [6.45, 7) is 10.8. The number of rotatable bonds is 9. The molecule has 7 heteroatoms. The van der Waals surface area contributed by atoms with Gasteiger partial charge in [-0.1, -0.05) is 27.7 Å². The maximum atomic E-state index is 12.4. The highest BCUT2D eigenvalue weighted by Crippen LogP contribution is 2.16. The van der Waals surface area contributed by atoms with Crippen molar-refractivity contribution in [3.8, 4) is 0 Å². The van der Waals surface area contributed by atoms with Gasteiger partial charge in [0.1, 0.15) is 10.7 Å². The van der Waals surface area contributed by atoms with Gasteiger partial charge in [0, 0.05) is 25.0 Å². The zero-order valence-corrected chi connectivity index (χ0v) is 15.5. The van der Waals surface area contributed by atoms with Crippen LogP contribution in [-0.4, -0.2) is 36.5 Å². The quantitative estimate of drug-likeness (QED) is 0.552. The van der Waals surface area contributed by atoms with Crippen LogP contribution in [0.2, 0.25) is 0 Å². The SMILES string of the molecule is CCN(CC)S(=O)(=O)c1ccc(NN=C(C)CCC(C)C)nc1. The lowest BCUT2D eigenvalue weighted by Crippen LogP contribution is -2.30. The van der Waals surface area contributed by atoms with Gasteiger partial charge in [0.2, 0.25) is 10.0 Å². The highest BCUT2D eigenvalue weighted by molar-refractivity contribution is 7.89. The summed E-state index contributed by atoms with van der Waals surface area (Å²) in [5.41, 5.74) is 3.87. The van der Waals surface area contributed by atoms with E-state index in [1.807, 2.05) is 20.8 Å². The van der Waals surface area contributed by atoms with E-state index in [2.05, 4.69) is 29.4 Å². The van der Waals surface area contributed by atoms with E-state index in [0.29, 0.717) is 24.8 Å². The lowest BCUT2D eigenvalue weighted by molar-refractivity contribution is 0.445. The molecule has 6 nitrogen and oxygen atoms in total. The maximum Gasteiger partial charge on any atom is 0.244 e. The predicted molar refractivity (Wildman–Crippen MR) is 95.1 cm³/mol. The van der Waals surface area contributed by atoms with E-state index < -0.39 is 10.0 Å². The second-order valence-electron chi connectivity index (χ2n) is 5.86. The summed E-state index contributed by atoms with van der Waals surface area (Å²) in [7, 11) is -3.46. The van der Waals surface area contributed by atoms with E-state index >= 15 is 0 Å². The van der Waals surface area contributed by atoms with Gasteiger partial charge in [-0.2, -0.15) is 9.41 Å². The summed E-state index contributed by atoms with van der Waals surface area (Å²) in [4.78, 5) is 4.34. The molecule has 0 aliphatic rings. The first-order chi connectivity index (χ1) is 10.8. The fraction of sp³-hybridized carbons (Fsp3) is 0.625. The van der Waals surface area contributed by atoms with Crippen LogP contribution >= 0.6 is 0 Å². The third-order valence-electron chi connectivity index (χ3n) is 3.52. The Morgan fingerprint density at radius 2 is 1.96 bits per heavy atom. The molecule has 0 radical (unpaired) electrons. The molecule has 0 atom stereocenters. The van der Waals surface area contributed by atoms with E-state index in [9.17, 15) is 8.42 Å². The molecular weight excluding hydrogens is 312 g/mol. The van der Waals surface area contributed by atoms with Gasteiger partial charge in [-0.3, -0.25) is 5.43 Å². The minimum atomic E-state index is -3.46. The van der Waals surface area contributed by atoms with Crippen LogP contribution in [0.4, 0.5) is 5.82 Å². The lowest BCUT2D eigenvalue weighted by Gasteiger charge is -2.18. The monoisotopic (exact) mass is 340 g/mol. The standard InChI is InChI=1S/C16H28N4O2S/c1-6-20(7-2)23(21,22)15-10-11-16(17-12-15)19-18-14(5)9-8-13(3)4/h10-13H,6-9H2,1-5H3,(H,17,19). The summed E-state index contributed by atoms with van der Waals surface area (Å²) in [5, 5.41) is 4.27. The van der Waals surface area contributed by atoms with Gasteiger partial charge in [0.05, 0.1) is 0 Å². The smallest absolute Gasteiger partial charge is 0.244 e. The van der Waals surface area contributed by atoms with E-state index in [1.54, 1.807) is 12.1 Å². The molecule has 0 unspecified atom stereocenters. The first kappa shape index (κ1) is 19.6. The van der Waals surface area contributed by atoms with Crippen LogP contribution in [-0.2, 0) is 10.0 Å². The maximum absolute atomic E-state index is 12.4. The van der Waals surface area contributed by atoms with Gasteiger partial charge in [-0.25, -0.2) is 13.4 Å². The third kappa shape index (κ3) is 5.91. The van der Waals surface area contributed by atoms with Crippen LogP contribution in [0.1, 0.15) is 47.5 Å². The number of aromatic nitrogens is 1. The van der Waals surface area contributed by atoms with Gasteiger partial charge in [-0.05, 0) is 37.8 Å². The number of hydrogen-bond acceptors (Lipinski definition) is 5. The Kier molecular flexibility index (Phi) is 7.64. The average molecular weight is 340 g/mol. The molecule has 1 aromatic heterocycles. The minimum absolute atomic E-state index is 0.201. The molecule has 0 aromatic carbocycles. The molecule has 0 spiro atoms.